The van der Waals surface area contributed by atoms with Crippen molar-refractivity contribution in [3.05, 3.63) is 45.7 Å². The van der Waals surface area contributed by atoms with Crippen LogP contribution in [0.5, 0.6) is 0 Å². The molecule has 2 aromatic rings. The molecule has 0 bridgehead atoms. The number of hydrogen-bond acceptors (Lipinski definition) is 4. The second-order valence-corrected chi connectivity index (χ2v) is 7.73. The molecule has 1 aromatic heterocycles. The van der Waals surface area contributed by atoms with Gasteiger partial charge in [0.2, 0.25) is 0 Å². The summed E-state index contributed by atoms with van der Waals surface area (Å²) in [6.07, 6.45) is 0. The first kappa shape index (κ1) is 13.1. The van der Waals surface area contributed by atoms with Crippen molar-refractivity contribution >= 4 is 43.0 Å². The van der Waals surface area contributed by atoms with Crippen LogP contribution in [0.15, 0.2) is 44.4 Å². The lowest BCUT2D eigenvalue weighted by Gasteiger charge is -2.05. The molecule has 7 heteroatoms. The van der Waals surface area contributed by atoms with Gasteiger partial charge in [-0.05, 0) is 52.3 Å². The molecule has 2 rings (SSSR count). The molecule has 0 aliphatic rings. The quantitative estimate of drug-likeness (QED) is 0.931. The third-order valence-corrected chi connectivity index (χ3v) is 5.58. The molecule has 0 aliphatic carbocycles. The van der Waals surface area contributed by atoms with Crippen molar-refractivity contribution in [3.63, 3.8) is 0 Å². The Balaban J connectivity index is 2.25. The smallest absolute Gasteiger partial charge is 0.271 e. The fourth-order valence-corrected chi connectivity index (χ4v) is 4.33. The summed E-state index contributed by atoms with van der Waals surface area (Å²) >= 11 is 4.35. The van der Waals surface area contributed by atoms with Crippen LogP contribution in [0.4, 0.5) is 5.69 Å². The van der Waals surface area contributed by atoms with Gasteiger partial charge in [-0.3, -0.25) is 4.72 Å². The van der Waals surface area contributed by atoms with Crippen LogP contribution >= 0.6 is 27.3 Å². The largest absolute Gasteiger partial charge is 0.279 e. The predicted molar refractivity (Wildman–Crippen MR) is 74.0 cm³/mol. The van der Waals surface area contributed by atoms with E-state index in [-0.39, 0.29) is 4.21 Å². The molecule has 0 aliphatic heterocycles. The predicted octanol–water partition coefficient (Wildman–Crippen LogP) is 3.18. The van der Waals surface area contributed by atoms with Crippen molar-refractivity contribution in [2.24, 2.45) is 0 Å². The van der Waals surface area contributed by atoms with E-state index in [4.69, 9.17) is 5.26 Å². The fraction of sp³-hybridized carbons (Fsp3) is 0. The number of hydrogen-bond donors (Lipinski definition) is 1. The second kappa shape index (κ2) is 5.10. The Hall–Kier alpha value is -1.36. The SMILES string of the molecule is N#Cc1ccc(NS(=O)(=O)c2ccc(Br)s2)cc1. The lowest BCUT2D eigenvalue weighted by molar-refractivity contribution is 0.603. The van der Waals surface area contributed by atoms with Gasteiger partial charge >= 0.3 is 0 Å². The highest BCUT2D eigenvalue weighted by Crippen LogP contribution is 2.27. The first-order chi connectivity index (χ1) is 8.51. The van der Waals surface area contributed by atoms with Gasteiger partial charge in [-0.1, -0.05) is 0 Å². The Morgan fingerprint density at radius 3 is 2.33 bits per heavy atom. The van der Waals surface area contributed by atoms with Crippen molar-refractivity contribution < 1.29 is 8.42 Å². The standard InChI is InChI=1S/C11H7BrN2O2S2/c12-10-5-6-11(17-10)18(15,16)14-9-3-1-8(7-13)2-4-9/h1-6,14H. The summed E-state index contributed by atoms with van der Waals surface area (Å²) in [6, 6.07) is 11.4. The van der Waals surface area contributed by atoms with Gasteiger partial charge < -0.3 is 0 Å². The zero-order valence-corrected chi connectivity index (χ0v) is 12.1. The van der Waals surface area contributed by atoms with E-state index in [1.54, 1.807) is 30.3 Å². The van der Waals surface area contributed by atoms with E-state index in [1.165, 1.54) is 6.07 Å². The van der Waals surface area contributed by atoms with E-state index in [9.17, 15) is 8.42 Å². The molecule has 0 spiro atoms. The lowest BCUT2D eigenvalue weighted by atomic mass is 10.2. The van der Waals surface area contributed by atoms with Gasteiger partial charge in [0.25, 0.3) is 10.0 Å². The summed E-state index contributed by atoms with van der Waals surface area (Å²) < 4.78 is 27.4. The number of benzene rings is 1. The third-order valence-electron chi connectivity index (χ3n) is 2.08. The summed E-state index contributed by atoms with van der Waals surface area (Å²) in [5, 5.41) is 8.65. The molecule has 18 heavy (non-hydrogen) atoms. The van der Waals surface area contributed by atoms with E-state index in [0.717, 1.165) is 15.1 Å². The van der Waals surface area contributed by atoms with Crippen LogP contribution in [-0.2, 0) is 10.0 Å². The molecule has 0 amide bonds. The monoisotopic (exact) mass is 342 g/mol. The van der Waals surface area contributed by atoms with Crippen LogP contribution in [0.25, 0.3) is 0 Å². The van der Waals surface area contributed by atoms with Crippen molar-refractivity contribution in [3.8, 4) is 6.07 Å². The molecular formula is C11H7BrN2O2S2. The summed E-state index contributed by atoms with van der Waals surface area (Å²) in [4.78, 5) is 0. The van der Waals surface area contributed by atoms with Gasteiger partial charge in [-0.25, -0.2) is 8.42 Å². The summed E-state index contributed by atoms with van der Waals surface area (Å²) in [5.74, 6) is 0. The number of nitriles is 1. The maximum atomic E-state index is 12.0. The minimum absolute atomic E-state index is 0.235. The van der Waals surface area contributed by atoms with Crippen LogP contribution in [0.1, 0.15) is 5.56 Å². The zero-order chi connectivity index (χ0) is 13.2. The number of halogens is 1. The van der Waals surface area contributed by atoms with Gasteiger partial charge in [-0.2, -0.15) is 5.26 Å². The molecule has 4 nitrogen and oxygen atoms in total. The molecule has 0 unspecified atom stereocenters. The normalized spacial score (nSPS) is 10.9. The Labute approximate surface area is 117 Å². The van der Waals surface area contributed by atoms with Gasteiger partial charge in [0, 0.05) is 5.69 Å². The molecule has 1 N–H and O–H groups in total. The van der Waals surface area contributed by atoms with Crippen LogP contribution in [0, 0.1) is 11.3 Å². The third kappa shape index (κ3) is 2.90. The maximum Gasteiger partial charge on any atom is 0.271 e. The number of nitrogens with one attached hydrogen (secondary N) is 1. The van der Waals surface area contributed by atoms with Gasteiger partial charge in [0.1, 0.15) is 4.21 Å². The Kier molecular flexibility index (Phi) is 3.71. The molecule has 0 saturated carbocycles. The van der Waals surface area contributed by atoms with Gasteiger partial charge in [0.15, 0.2) is 0 Å². The van der Waals surface area contributed by atoms with Gasteiger partial charge in [-0.15, -0.1) is 11.3 Å². The minimum atomic E-state index is -3.56. The van der Waals surface area contributed by atoms with Crippen LogP contribution < -0.4 is 4.72 Å². The molecule has 92 valence electrons. The van der Waals surface area contributed by atoms with E-state index in [1.807, 2.05) is 6.07 Å². The highest BCUT2D eigenvalue weighted by Gasteiger charge is 2.16. The number of anilines is 1. The van der Waals surface area contributed by atoms with Crippen molar-refractivity contribution in [1.29, 1.82) is 5.26 Å². The maximum absolute atomic E-state index is 12.0. The fourth-order valence-electron chi connectivity index (χ4n) is 1.26. The van der Waals surface area contributed by atoms with Gasteiger partial charge in [0.05, 0.1) is 15.4 Å². The summed E-state index contributed by atoms with van der Waals surface area (Å²) in [6.45, 7) is 0. The van der Waals surface area contributed by atoms with E-state index >= 15 is 0 Å². The molecule has 0 atom stereocenters. The molecule has 0 fully saturated rings. The number of nitrogens with zero attached hydrogens (tertiary/aromatic N) is 1. The summed E-state index contributed by atoms with van der Waals surface area (Å²) in [5.41, 5.74) is 0.912. The van der Waals surface area contributed by atoms with Crippen molar-refractivity contribution in [2.75, 3.05) is 4.72 Å². The molecule has 1 heterocycles. The number of thiophene rings is 1. The zero-order valence-electron chi connectivity index (χ0n) is 8.92. The Morgan fingerprint density at radius 1 is 1.17 bits per heavy atom. The Bertz CT molecular complexity index is 699. The molecule has 0 radical (unpaired) electrons. The van der Waals surface area contributed by atoms with Crippen LogP contribution in [-0.4, -0.2) is 8.42 Å². The second-order valence-electron chi connectivity index (χ2n) is 3.35. The minimum Gasteiger partial charge on any atom is -0.279 e. The van der Waals surface area contributed by atoms with E-state index in [0.29, 0.717) is 11.3 Å². The van der Waals surface area contributed by atoms with E-state index < -0.39 is 10.0 Å². The molecular weight excluding hydrogens is 336 g/mol. The highest BCUT2D eigenvalue weighted by atomic mass is 79.9. The lowest BCUT2D eigenvalue weighted by Crippen LogP contribution is -2.11. The van der Waals surface area contributed by atoms with Crippen LogP contribution in [0.3, 0.4) is 0 Å². The highest BCUT2D eigenvalue weighted by molar-refractivity contribution is 9.11. The average Bonchev–Trinajstić information content (AvgIpc) is 2.77. The molecule has 1 aromatic carbocycles. The first-order valence-electron chi connectivity index (χ1n) is 4.79. The molecule has 0 saturated heterocycles. The number of rotatable bonds is 3. The van der Waals surface area contributed by atoms with E-state index in [2.05, 4.69) is 20.7 Å². The van der Waals surface area contributed by atoms with Crippen molar-refractivity contribution in [1.82, 2.24) is 0 Å². The first-order valence-corrected chi connectivity index (χ1v) is 7.89. The topological polar surface area (TPSA) is 70.0 Å². The van der Waals surface area contributed by atoms with Crippen molar-refractivity contribution in [2.45, 2.75) is 4.21 Å². The summed E-state index contributed by atoms with van der Waals surface area (Å²) in [7, 11) is -3.56. The average molecular weight is 343 g/mol. The van der Waals surface area contributed by atoms with Crippen LogP contribution in [0.2, 0.25) is 0 Å². The Morgan fingerprint density at radius 2 is 1.83 bits per heavy atom. The number of sulfonamides is 1.